The van der Waals surface area contributed by atoms with Crippen molar-refractivity contribution in [1.29, 1.82) is 5.26 Å². The molecule has 1 N–H and O–H groups in total. The lowest BCUT2D eigenvalue weighted by atomic mass is 10.1. The fourth-order valence-electron chi connectivity index (χ4n) is 1.46. The van der Waals surface area contributed by atoms with E-state index in [4.69, 9.17) is 16.9 Å². The Balaban J connectivity index is 2.46. The first-order valence-corrected chi connectivity index (χ1v) is 5.95. The first-order valence-electron chi connectivity index (χ1n) is 5.57. The van der Waals surface area contributed by atoms with Crippen LogP contribution in [0.4, 0.5) is 5.69 Å². The zero-order valence-electron chi connectivity index (χ0n) is 9.76. The van der Waals surface area contributed by atoms with Gasteiger partial charge in [-0.3, -0.25) is 0 Å². The molecule has 0 aliphatic carbocycles. The van der Waals surface area contributed by atoms with Crippen molar-refractivity contribution < 1.29 is 0 Å². The van der Waals surface area contributed by atoms with Gasteiger partial charge in [0, 0.05) is 6.54 Å². The smallest absolute Gasteiger partial charge is 0.0992 e. The van der Waals surface area contributed by atoms with Crippen molar-refractivity contribution in [3.8, 4) is 6.07 Å². The van der Waals surface area contributed by atoms with Crippen molar-refractivity contribution in [2.45, 2.75) is 26.7 Å². The average Bonchev–Trinajstić information content (AvgIpc) is 2.25. The highest BCUT2D eigenvalue weighted by Gasteiger charge is 2.01. The molecule has 0 atom stereocenters. The molecule has 0 fully saturated rings. The Kier molecular flexibility index (Phi) is 5.14. The summed E-state index contributed by atoms with van der Waals surface area (Å²) in [5.41, 5.74) is 1.50. The Labute approximate surface area is 102 Å². The molecular weight excluding hydrogens is 220 g/mol. The predicted molar refractivity (Wildman–Crippen MR) is 68.7 cm³/mol. The molecule has 0 spiro atoms. The van der Waals surface area contributed by atoms with Gasteiger partial charge in [-0.2, -0.15) is 5.26 Å². The molecule has 0 amide bonds. The maximum atomic E-state index is 8.70. The molecule has 0 saturated heterocycles. The molecule has 0 aliphatic heterocycles. The third kappa shape index (κ3) is 4.12. The minimum absolute atomic E-state index is 0.595. The first kappa shape index (κ1) is 12.9. The van der Waals surface area contributed by atoms with Gasteiger partial charge in [0.2, 0.25) is 0 Å². The average molecular weight is 237 g/mol. The zero-order chi connectivity index (χ0) is 12.0. The molecule has 0 heterocycles. The molecular formula is C13H17ClN2. The van der Waals surface area contributed by atoms with Crippen molar-refractivity contribution in [3.63, 3.8) is 0 Å². The molecule has 3 heteroatoms. The topological polar surface area (TPSA) is 35.8 Å². The van der Waals surface area contributed by atoms with Gasteiger partial charge < -0.3 is 5.32 Å². The fourth-order valence-corrected chi connectivity index (χ4v) is 1.71. The van der Waals surface area contributed by atoms with Crippen molar-refractivity contribution in [1.82, 2.24) is 0 Å². The number of rotatable bonds is 5. The van der Waals surface area contributed by atoms with Gasteiger partial charge in [-0.15, -0.1) is 0 Å². The zero-order valence-corrected chi connectivity index (χ0v) is 10.5. The van der Waals surface area contributed by atoms with Crippen molar-refractivity contribution in [2.75, 3.05) is 11.9 Å². The lowest BCUT2D eigenvalue weighted by Crippen LogP contribution is -2.03. The quantitative estimate of drug-likeness (QED) is 0.783. The second kappa shape index (κ2) is 6.40. The van der Waals surface area contributed by atoms with Crippen LogP contribution in [-0.2, 0) is 0 Å². The number of nitriles is 1. The third-order valence-electron chi connectivity index (χ3n) is 2.37. The Morgan fingerprint density at radius 3 is 2.75 bits per heavy atom. The van der Waals surface area contributed by atoms with Crippen LogP contribution in [0.25, 0.3) is 0 Å². The SMILES string of the molecule is CC(C)CCCNc1ccc(C#N)cc1Cl. The lowest BCUT2D eigenvalue weighted by Gasteiger charge is -2.09. The summed E-state index contributed by atoms with van der Waals surface area (Å²) in [6, 6.07) is 7.38. The van der Waals surface area contributed by atoms with E-state index in [1.165, 1.54) is 6.42 Å². The van der Waals surface area contributed by atoms with Gasteiger partial charge in [-0.25, -0.2) is 0 Å². The molecule has 0 saturated carbocycles. The van der Waals surface area contributed by atoms with E-state index < -0.39 is 0 Å². The molecule has 0 bridgehead atoms. The van der Waals surface area contributed by atoms with Gasteiger partial charge in [-0.05, 0) is 37.0 Å². The molecule has 0 aromatic heterocycles. The minimum atomic E-state index is 0.595. The Morgan fingerprint density at radius 1 is 1.44 bits per heavy atom. The lowest BCUT2D eigenvalue weighted by molar-refractivity contribution is 0.567. The van der Waals surface area contributed by atoms with Crippen molar-refractivity contribution in [2.24, 2.45) is 5.92 Å². The van der Waals surface area contributed by atoms with Gasteiger partial charge in [-0.1, -0.05) is 25.4 Å². The molecule has 1 aromatic carbocycles. The van der Waals surface area contributed by atoms with E-state index >= 15 is 0 Å². The van der Waals surface area contributed by atoms with Crippen LogP contribution >= 0.6 is 11.6 Å². The van der Waals surface area contributed by atoms with E-state index in [1.807, 2.05) is 6.07 Å². The van der Waals surface area contributed by atoms with Crippen molar-refractivity contribution in [3.05, 3.63) is 28.8 Å². The van der Waals surface area contributed by atoms with Crippen LogP contribution < -0.4 is 5.32 Å². The Bertz CT molecular complexity index is 380. The number of benzene rings is 1. The summed E-state index contributed by atoms with van der Waals surface area (Å²) < 4.78 is 0. The van der Waals surface area contributed by atoms with E-state index in [9.17, 15) is 0 Å². The standard InChI is InChI=1S/C13H17ClN2/c1-10(2)4-3-7-16-13-6-5-11(9-15)8-12(13)14/h5-6,8,10,16H,3-4,7H2,1-2H3. The fraction of sp³-hybridized carbons (Fsp3) is 0.462. The molecule has 0 aliphatic rings. The normalized spacial score (nSPS) is 10.2. The monoisotopic (exact) mass is 236 g/mol. The number of nitrogens with one attached hydrogen (secondary N) is 1. The number of hydrogen-bond donors (Lipinski definition) is 1. The van der Waals surface area contributed by atoms with Crippen LogP contribution in [0.1, 0.15) is 32.3 Å². The highest BCUT2D eigenvalue weighted by Crippen LogP contribution is 2.22. The molecule has 0 unspecified atom stereocenters. The molecule has 1 aromatic rings. The van der Waals surface area contributed by atoms with Crippen molar-refractivity contribution >= 4 is 17.3 Å². The molecule has 16 heavy (non-hydrogen) atoms. The first-order chi connectivity index (χ1) is 7.63. The summed E-state index contributed by atoms with van der Waals surface area (Å²) in [7, 11) is 0. The number of hydrogen-bond acceptors (Lipinski definition) is 2. The van der Waals surface area contributed by atoms with Gasteiger partial charge in [0.05, 0.1) is 22.3 Å². The largest absolute Gasteiger partial charge is 0.384 e. The summed E-state index contributed by atoms with van der Waals surface area (Å²) in [6.45, 7) is 5.35. The second-order valence-electron chi connectivity index (χ2n) is 4.27. The van der Waals surface area contributed by atoms with Crippen LogP contribution in [0, 0.1) is 17.2 Å². The van der Waals surface area contributed by atoms with E-state index in [0.717, 1.165) is 24.6 Å². The van der Waals surface area contributed by atoms with E-state index in [0.29, 0.717) is 10.6 Å². The van der Waals surface area contributed by atoms with Crippen LogP contribution in [-0.4, -0.2) is 6.54 Å². The van der Waals surface area contributed by atoms with E-state index in [-0.39, 0.29) is 0 Å². The van der Waals surface area contributed by atoms with Crippen LogP contribution in [0.2, 0.25) is 5.02 Å². The van der Waals surface area contributed by atoms with Gasteiger partial charge in [0.25, 0.3) is 0 Å². The molecule has 2 nitrogen and oxygen atoms in total. The molecule has 0 radical (unpaired) electrons. The van der Waals surface area contributed by atoms with Crippen LogP contribution in [0.5, 0.6) is 0 Å². The number of anilines is 1. The second-order valence-corrected chi connectivity index (χ2v) is 4.68. The Morgan fingerprint density at radius 2 is 2.19 bits per heavy atom. The summed E-state index contributed by atoms with van der Waals surface area (Å²) in [4.78, 5) is 0. The number of nitrogens with zero attached hydrogens (tertiary/aromatic N) is 1. The van der Waals surface area contributed by atoms with Gasteiger partial charge in [0.1, 0.15) is 0 Å². The third-order valence-corrected chi connectivity index (χ3v) is 2.68. The minimum Gasteiger partial charge on any atom is -0.384 e. The molecule has 1 rings (SSSR count). The Hall–Kier alpha value is -1.20. The number of halogens is 1. The summed E-state index contributed by atoms with van der Waals surface area (Å²) in [5.74, 6) is 0.734. The van der Waals surface area contributed by atoms with Crippen LogP contribution in [0.15, 0.2) is 18.2 Å². The van der Waals surface area contributed by atoms with E-state index in [1.54, 1.807) is 12.1 Å². The summed E-state index contributed by atoms with van der Waals surface area (Å²) >= 11 is 6.04. The van der Waals surface area contributed by atoms with E-state index in [2.05, 4.69) is 25.2 Å². The van der Waals surface area contributed by atoms with Gasteiger partial charge in [0.15, 0.2) is 0 Å². The maximum Gasteiger partial charge on any atom is 0.0992 e. The highest BCUT2D eigenvalue weighted by atomic mass is 35.5. The summed E-state index contributed by atoms with van der Waals surface area (Å²) in [5, 5.41) is 12.6. The maximum absolute atomic E-state index is 8.70. The highest BCUT2D eigenvalue weighted by molar-refractivity contribution is 6.33. The van der Waals surface area contributed by atoms with Gasteiger partial charge >= 0.3 is 0 Å². The summed E-state index contributed by atoms with van der Waals surface area (Å²) in [6.07, 6.45) is 2.34. The van der Waals surface area contributed by atoms with Crippen LogP contribution in [0.3, 0.4) is 0 Å². The predicted octanol–water partition coefficient (Wildman–Crippen LogP) is 4.06. The molecule has 86 valence electrons.